The Balaban J connectivity index is 2.77. The van der Waals surface area contributed by atoms with E-state index in [0.29, 0.717) is 24.1 Å². The summed E-state index contributed by atoms with van der Waals surface area (Å²) in [5, 5.41) is 21.2. The van der Waals surface area contributed by atoms with Crippen LogP contribution in [-0.4, -0.2) is 17.8 Å². The van der Waals surface area contributed by atoms with Crippen molar-refractivity contribution in [3.63, 3.8) is 0 Å². The second-order valence-electron chi connectivity index (χ2n) is 5.73. The number of aliphatic hydroxyl groups is 1. The molecule has 0 aliphatic carbocycles. The van der Waals surface area contributed by atoms with Gasteiger partial charge in [0.2, 0.25) is 0 Å². The van der Waals surface area contributed by atoms with Crippen LogP contribution in [0.2, 0.25) is 0 Å². The molecule has 0 saturated heterocycles. The maximum Gasteiger partial charge on any atom is 0.127 e. The molecule has 0 radical (unpaired) electrons. The standard InChI is InChI=1S/C15H21FN2O/c1-15(2,3)14(6-7-19)18-10-12-8-11(9-17)4-5-13(12)16/h4-5,8,14,18-19H,6-7,10H2,1-3H3. The van der Waals surface area contributed by atoms with Gasteiger partial charge in [0.25, 0.3) is 0 Å². The van der Waals surface area contributed by atoms with Crippen LogP contribution in [0.4, 0.5) is 4.39 Å². The van der Waals surface area contributed by atoms with E-state index in [-0.39, 0.29) is 23.9 Å². The molecule has 3 nitrogen and oxygen atoms in total. The molecule has 0 fully saturated rings. The van der Waals surface area contributed by atoms with Crippen LogP contribution < -0.4 is 5.32 Å². The van der Waals surface area contributed by atoms with Gasteiger partial charge in [-0.05, 0) is 30.0 Å². The fourth-order valence-electron chi connectivity index (χ4n) is 1.98. The Morgan fingerprint density at radius 3 is 2.63 bits per heavy atom. The molecule has 104 valence electrons. The lowest BCUT2D eigenvalue weighted by molar-refractivity contribution is 0.196. The molecule has 4 heteroatoms. The number of hydrogen-bond acceptors (Lipinski definition) is 3. The minimum Gasteiger partial charge on any atom is -0.396 e. The summed E-state index contributed by atoms with van der Waals surface area (Å²) in [6.45, 7) is 6.66. The molecule has 1 atom stereocenters. The van der Waals surface area contributed by atoms with Gasteiger partial charge in [-0.2, -0.15) is 5.26 Å². The highest BCUT2D eigenvalue weighted by Crippen LogP contribution is 2.22. The minimum atomic E-state index is -0.317. The van der Waals surface area contributed by atoms with Crippen molar-refractivity contribution in [3.8, 4) is 6.07 Å². The van der Waals surface area contributed by atoms with E-state index >= 15 is 0 Å². The van der Waals surface area contributed by atoms with Crippen molar-refractivity contribution in [1.29, 1.82) is 5.26 Å². The van der Waals surface area contributed by atoms with Crippen LogP contribution in [0.5, 0.6) is 0 Å². The van der Waals surface area contributed by atoms with Crippen molar-refractivity contribution >= 4 is 0 Å². The van der Waals surface area contributed by atoms with E-state index in [1.54, 1.807) is 6.07 Å². The van der Waals surface area contributed by atoms with Gasteiger partial charge >= 0.3 is 0 Å². The molecule has 0 spiro atoms. The molecule has 1 rings (SSSR count). The van der Waals surface area contributed by atoms with Crippen LogP contribution in [0, 0.1) is 22.6 Å². The van der Waals surface area contributed by atoms with Gasteiger partial charge in [0.1, 0.15) is 5.82 Å². The predicted molar refractivity (Wildman–Crippen MR) is 72.9 cm³/mol. The molecular formula is C15H21FN2O. The number of aliphatic hydroxyl groups excluding tert-OH is 1. The number of rotatable bonds is 5. The topological polar surface area (TPSA) is 56.0 Å². The van der Waals surface area contributed by atoms with Gasteiger partial charge < -0.3 is 10.4 Å². The van der Waals surface area contributed by atoms with E-state index in [0.717, 1.165) is 0 Å². The molecule has 1 unspecified atom stereocenters. The van der Waals surface area contributed by atoms with Crippen molar-refractivity contribution in [1.82, 2.24) is 5.32 Å². The summed E-state index contributed by atoms with van der Waals surface area (Å²) in [7, 11) is 0. The molecule has 0 heterocycles. The zero-order valence-corrected chi connectivity index (χ0v) is 11.7. The number of hydrogen-bond donors (Lipinski definition) is 2. The first-order valence-electron chi connectivity index (χ1n) is 6.41. The Morgan fingerprint density at radius 1 is 1.42 bits per heavy atom. The molecule has 0 aliphatic rings. The Bertz CT molecular complexity index is 460. The highest BCUT2D eigenvalue weighted by atomic mass is 19.1. The quantitative estimate of drug-likeness (QED) is 0.859. The lowest BCUT2D eigenvalue weighted by Gasteiger charge is -2.31. The molecule has 0 amide bonds. The normalized spacial score (nSPS) is 13.1. The molecular weight excluding hydrogens is 243 g/mol. The lowest BCUT2D eigenvalue weighted by atomic mass is 9.85. The van der Waals surface area contributed by atoms with Crippen LogP contribution in [0.1, 0.15) is 38.3 Å². The van der Waals surface area contributed by atoms with Crippen LogP contribution >= 0.6 is 0 Å². The van der Waals surface area contributed by atoms with Crippen molar-refractivity contribution in [2.75, 3.05) is 6.61 Å². The first kappa shape index (κ1) is 15.6. The Labute approximate surface area is 114 Å². The fraction of sp³-hybridized carbons (Fsp3) is 0.533. The van der Waals surface area contributed by atoms with E-state index in [1.165, 1.54) is 12.1 Å². The van der Waals surface area contributed by atoms with Gasteiger partial charge in [-0.1, -0.05) is 20.8 Å². The van der Waals surface area contributed by atoms with Gasteiger partial charge in [-0.3, -0.25) is 0 Å². The van der Waals surface area contributed by atoms with Crippen LogP contribution in [-0.2, 0) is 6.54 Å². The maximum absolute atomic E-state index is 13.6. The SMILES string of the molecule is CC(C)(C)C(CCO)NCc1cc(C#N)ccc1F. The fourth-order valence-corrected chi connectivity index (χ4v) is 1.98. The second kappa shape index (κ2) is 6.65. The van der Waals surface area contributed by atoms with E-state index in [2.05, 4.69) is 26.1 Å². The molecule has 1 aromatic carbocycles. The average molecular weight is 264 g/mol. The highest BCUT2D eigenvalue weighted by molar-refractivity contribution is 5.33. The van der Waals surface area contributed by atoms with E-state index < -0.39 is 0 Å². The number of nitriles is 1. The molecule has 0 aromatic heterocycles. The van der Waals surface area contributed by atoms with Gasteiger partial charge in [-0.25, -0.2) is 4.39 Å². The van der Waals surface area contributed by atoms with E-state index in [4.69, 9.17) is 10.4 Å². The second-order valence-corrected chi connectivity index (χ2v) is 5.73. The predicted octanol–water partition coefficient (Wildman–Crippen LogP) is 2.58. The summed E-state index contributed by atoms with van der Waals surface area (Å²) in [6.07, 6.45) is 0.614. The number of halogens is 1. The average Bonchev–Trinajstić information content (AvgIpc) is 2.34. The lowest BCUT2D eigenvalue weighted by Crippen LogP contribution is -2.40. The number of benzene rings is 1. The molecule has 1 aromatic rings. The summed E-state index contributed by atoms with van der Waals surface area (Å²) in [6, 6.07) is 6.42. The summed E-state index contributed by atoms with van der Waals surface area (Å²) in [5.74, 6) is -0.317. The van der Waals surface area contributed by atoms with Gasteiger partial charge in [0.15, 0.2) is 0 Å². The molecule has 0 saturated carbocycles. The van der Waals surface area contributed by atoms with Gasteiger partial charge in [-0.15, -0.1) is 0 Å². The van der Waals surface area contributed by atoms with Crippen LogP contribution in [0.3, 0.4) is 0 Å². The van der Waals surface area contributed by atoms with Crippen LogP contribution in [0.15, 0.2) is 18.2 Å². The van der Waals surface area contributed by atoms with Crippen molar-refractivity contribution in [3.05, 3.63) is 35.1 Å². The third-order valence-electron chi connectivity index (χ3n) is 3.18. The summed E-state index contributed by atoms with van der Waals surface area (Å²) in [5.41, 5.74) is 0.908. The van der Waals surface area contributed by atoms with Gasteiger partial charge in [0, 0.05) is 24.8 Å². The minimum absolute atomic E-state index is 0.0218. The molecule has 2 N–H and O–H groups in total. The van der Waals surface area contributed by atoms with Gasteiger partial charge in [0.05, 0.1) is 11.6 Å². The van der Waals surface area contributed by atoms with E-state index in [9.17, 15) is 4.39 Å². The first-order valence-corrected chi connectivity index (χ1v) is 6.41. The smallest absolute Gasteiger partial charge is 0.127 e. The zero-order chi connectivity index (χ0) is 14.5. The largest absolute Gasteiger partial charge is 0.396 e. The summed E-state index contributed by atoms with van der Waals surface area (Å²) < 4.78 is 13.6. The van der Waals surface area contributed by atoms with Crippen LogP contribution in [0.25, 0.3) is 0 Å². The number of nitrogens with zero attached hydrogens (tertiary/aromatic N) is 1. The monoisotopic (exact) mass is 264 g/mol. The highest BCUT2D eigenvalue weighted by Gasteiger charge is 2.23. The third-order valence-corrected chi connectivity index (χ3v) is 3.18. The summed E-state index contributed by atoms with van der Waals surface area (Å²) in [4.78, 5) is 0. The Hall–Kier alpha value is -1.44. The van der Waals surface area contributed by atoms with Crippen molar-refractivity contribution in [2.45, 2.75) is 39.8 Å². The zero-order valence-electron chi connectivity index (χ0n) is 11.7. The summed E-state index contributed by atoms with van der Waals surface area (Å²) >= 11 is 0. The molecule has 0 bridgehead atoms. The molecule has 19 heavy (non-hydrogen) atoms. The Morgan fingerprint density at radius 2 is 2.11 bits per heavy atom. The maximum atomic E-state index is 13.6. The third kappa shape index (κ3) is 4.62. The number of nitrogens with one attached hydrogen (secondary N) is 1. The molecule has 0 aliphatic heterocycles. The van der Waals surface area contributed by atoms with E-state index in [1.807, 2.05) is 6.07 Å². The van der Waals surface area contributed by atoms with Crippen molar-refractivity contribution < 1.29 is 9.50 Å². The van der Waals surface area contributed by atoms with Crippen molar-refractivity contribution in [2.24, 2.45) is 5.41 Å². The first-order chi connectivity index (χ1) is 8.88. The Kier molecular flexibility index (Phi) is 5.46.